The fourth-order valence-corrected chi connectivity index (χ4v) is 1.61. The first-order chi connectivity index (χ1) is 5.38. The maximum Gasteiger partial charge on any atom is 0.0643 e. The molecule has 1 fully saturated rings. The molecule has 0 amide bonds. The van der Waals surface area contributed by atoms with Crippen LogP contribution in [0.3, 0.4) is 0 Å². The molecule has 0 unspecified atom stereocenters. The van der Waals surface area contributed by atoms with Crippen molar-refractivity contribution in [3.05, 3.63) is 11.9 Å². The SMILES string of the molecule is C[C@@H]1NC=C1N1CCNCC1. The van der Waals surface area contributed by atoms with Gasteiger partial charge in [0.1, 0.15) is 0 Å². The standard InChI is InChI=1S/C8H15N3/c1-7-8(6-10-7)11-4-2-9-3-5-11/h6-7,9-10H,2-5H2,1H3/t7-/m0/s1. The van der Waals surface area contributed by atoms with E-state index in [1.165, 1.54) is 5.70 Å². The lowest BCUT2D eigenvalue weighted by Crippen LogP contribution is -2.50. The number of hydrogen-bond acceptors (Lipinski definition) is 3. The second-order valence-electron chi connectivity index (χ2n) is 3.19. The Hall–Kier alpha value is -0.700. The van der Waals surface area contributed by atoms with E-state index in [1.54, 1.807) is 0 Å². The van der Waals surface area contributed by atoms with Crippen molar-refractivity contribution in [3.63, 3.8) is 0 Å². The molecule has 2 N–H and O–H groups in total. The average molecular weight is 153 g/mol. The van der Waals surface area contributed by atoms with Gasteiger partial charge in [-0.15, -0.1) is 0 Å². The van der Waals surface area contributed by atoms with Crippen LogP contribution in [0.15, 0.2) is 11.9 Å². The van der Waals surface area contributed by atoms with E-state index in [1.807, 2.05) is 0 Å². The Morgan fingerprint density at radius 2 is 2.18 bits per heavy atom. The molecule has 3 nitrogen and oxygen atoms in total. The van der Waals surface area contributed by atoms with E-state index in [0.29, 0.717) is 6.04 Å². The van der Waals surface area contributed by atoms with Crippen molar-refractivity contribution >= 4 is 0 Å². The van der Waals surface area contributed by atoms with Crippen LogP contribution in [0, 0.1) is 0 Å². The molecular formula is C8H15N3. The maximum atomic E-state index is 3.34. The third kappa shape index (κ3) is 1.20. The Morgan fingerprint density at radius 3 is 2.64 bits per heavy atom. The Morgan fingerprint density at radius 1 is 1.45 bits per heavy atom. The highest BCUT2D eigenvalue weighted by atomic mass is 15.2. The van der Waals surface area contributed by atoms with Gasteiger partial charge < -0.3 is 15.5 Å². The maximum absolute atomic E-state index is 3.34. The quantitative estimate of drug-likeness (QED) is 0.543. The van der Waals surface area contributed by atoms with Crippen LogP contribution in [0.5, 0.6) is 0 Å². The van der Waals surface area contributed by atoms with Crippen molar-refractivity contribution in [1.29, 1.82) is 0 Å². The van der Waals surface area contributed by atoms with Crippen LogP contribution in [0.4, 0.5) is 0 Å². The highest BCUT2D eigenvalue weighted by Gasteiger charge is 2.22. The lowest BCUT2D eigenvalue weighted by molar-refractivity contribution is 0.263. The predicted molar refractivity (Wildman–Crippen MR) is 45.1 cm³/mol. The van der Waals surface area contributed by atoms with Gasteiger partial charge in [-0.05, 0) is 6.92 Å². The van der Waals surface area contributed by atoms with Gasteiger partial charge in [0.25, 0.3) is 0 Å². The zero-order valence-electron chi connectivity index (χ0n) is 6.93. The molecule has 1 saturated heterocycles. The van der Waals surface area contributed by atoms with Crippen LogP contribution < -0.4 is 10.6 Å². The fourth-order valence-electron chi connectivity index (χ4n) is 1.61. The van der Waals surface area contributed by atoms with Crippen LogP contribution in [-0.4, -0.2) is 37.1 Å². The Labute approximate surface area is 67.5 Å². The summed E-state index contributed by atoms with van der Waals surface area (Å²) < 4.78 is 0. The van der Waals surface area contributed by atoms with Crippen LogP contribution >= 0.6 is 0 Å². The smallest absolute Gasteiger partial charge is 0.0643 e. The summed E-state index contributed by atoms with van der Waals surface area (Å²) in [6.07, 6.45) is 2.12. The molecule has 62 valence electrons. The second kappa shape index (κ2) is 2.74. The van der Waals surface area contributed by atoms with Crippen molar-refractivity contribution in [3.8, 4) is 0 Å². The van der Waals surface area contributed by atoms with Gasteiger partial charge in [-0.25, -0.2) is 0 Å². The van der Waals surface area contributed by atoms with Gasteiger partial charge in [-0.1, -0.05) is 0 Å². The molecule has 0 aliphatic carbocycles. The Balaban J connectivity index is 1.93. The monoisotopic (exact) mass is 153 g/mol. The van der Waals surface area contributed by atoms with Gasteiger partial charge in [-0.2, -0.15) is 0 Å². The van der Waals surface area contributed by atoms with E-state index >= 15 is 0 Å². The summed E-state index contributed by atoms with van der Waals surface area (Å²) in [6.45, 7) is 6.79. The molecule has 1 atom stereocenters. The summed E-state index contributed by atoms with van der Waals surface area (Å²) in [5, 5.41) is 6.57. The minimum absolute atomic E-state index is 0.577. The zero-order valence-corrected chi connectivity index (χ0v) is 6.93. The molecule has 0 bridgehead atoms. The van der Waals surface area contributed by atoms with Crippen molar-refractivity contribution in [2.24, 2.45) is 0 Å². The second-order valence-corrected chi connectivity index (χ2v) is 3.19. The van der Waals surface area contributed by atoms with E-state index in [4.69, 9.17) is 0 Å². The lowest BCUT2D eigenvalue weighted by Gasteiger charge is -2.39. The summed E-state index contributed by atoms with van der Waals surface area (Å²) in [5.41, 5.74) is 1.48. The largest absolute Gasteiger partial charge is 0.381 e. The normalized spacial score (nSPS) is 30.5. The van der Waals surface area contributed by atoms with E-state index < -0.39 is 0 Å². The Bertz CT molecular complexity index is 170. The summed E-state index contributed by atoms with van der Waals surface area (Å²) in [4.78, 5) is 2.46. The van der Waals surface area contributed by atoms with E-state index in [2.05, 4.69) is 28.7 Å². The van der Waals surface area contributed by atoms with Gasteiger partial charge in [0.2, 0.25) is 0 Å². The third-order valence-corrected chi connectivity index (χ3v) is 2.41. The number of rotatable bonds is 1. The van der Waals surface area contributed by atoms with E-state index in [0.717, 1.165) is 26.2 Å². The van der Waals surface area contributed by atoms with E-state index in [-0.39, 0.29) is 0 Å². The van der Waals surface area contributed by atoms with Crippen LogP contribution in [-0.2, 0) is 0 Å². The van der Waals surface area contributed by atoms with E-state index in [9.17, 15) is 0 Å². The van der Waals surface area contributed by atoms with Gasteiger partial charge in [0.15, 0.2) is 0 Å². The van der Waals surface area contributed by atoms with Crippen molar-refractivity contribution < 1.29 is 0 Å². The fraction of sp³-hybridized carbons (Fsp3) is 0.750. The summed E-state index contributed by atoms with van der Waals surface area (Å²) in [7, 11) is 0. The summed E-state index contributed by atoms with van der Waals surface area (Å²) in [5.74, 6) is 0. The molecule has 0 aromatic rings. The minimum atomic E-state index is 0.577. The average Bonchev–Trinajstić information content (AvgIpc) is 2.04. The van der Waals surface area contributed by atoms with Gasteiger partial charge in [0, 0.05) is 32.4 Å². The Kier molecular flexibility index (Phi) is 1.74. The molecule has 0 spiro atoms. The van der Waals surface area contributed by atoms with Crippen molar-refractivity contribution in [2.75, 3.05) is 26.2 Å². The predicted octanol–water partition coefficient (Wildman–Crippen LogP) is -0.275. The zero-order chi connectivity index (χ0) is 7.68. The number of nitrogens with zero attached hydrogens (tertiary/aromatic N) is 1. The first kappa shape index (κ1) is 6.98. The number of nitrogens with one attached hydrogen (secondary N) is 2. The molecule has 0 saturated carbocycles. The first-order valence-corrected chi connectivity index (χ1v) is 4.30. The van der Waals surface area contributed by atoms with Crippen molar-refractivity contribution in [1.82, 2.24) is 15.5 Å². The molecule has 2 aliphatic heterocycles. The molecule has 11 heavy (non-hydrogen) atoms. The molecule has 0 radical (unpaired) electrons. The molecular weight excluding hydrogens is 138 g/mol. The van der Waals surface area contributed by atoms with Crippen LogP contribution in [0.25, 0.3) is 0 Å². The molecule has 2 aliphatic rings. The van der Waals surface area contributed by atoms with Gasteiger partial charge in [0.05, 0.1) is 11.7 Å². The van der Waals surface area contributed by atoms with Gasteiger partial charge in [-0.3, -0.25) is 0 Å². The van der Waals surface area contributed by atoms with Gasteiger partial charge >= 0.3 is 0 Å². The molecule has 0 aromatic carbocycles. The highest BCUT2D eigenvalue weighted by molar-refractivity contribution is 5.18. The first-order valence-electron chi connectivity index (χ1n) is 4.30. The molecule has 0 aromatic heterocycles. The molecule has 2 heterocycles. The topological polar surface area (TPSA) is 27.3 Å². The summed E-state index contributed by atoms with van der Waals surface area (Å²) >= 11 is 0. The van der Waals surface area contributed by atoms with Crippen LogP contribution in [0.1, 0.15) is 6.92 Å². The lowest BCUT2D eigenvalue weighted by atomic mass is 10.1. The minimum Gasteiger partial charge on any atom is -0.381 e. The number of piperazine rings is 1. The highest BCUT2D eigenvalue weighted by Crippen LogP contribution is 2.15. The van der Waals surface area contributed by atoms with Crippen molar-refractivity contribution in [2.45, 2.75) is 13.0 Å². The molecule has 2 rings (SSSR count). The van der Waals surface area contributed by atoms with Crippen LogP contribution in [0.2, 0.25) is 0 Å². The number of hydrogen-bond donors (Lipinski definition) is 2. The third-order valence-electron chi connectivity index (χ3n) is 2.41. The molecule has 3 heteroatoms. The summed E-state index contributed by atoms with van der Waals surface area (Å²) in [6, 6.07) is 0.577.